The van der Waals surface area contributed by atoms with E-state index < -0.39 is 0 Å². The van der Waals surface area contributed by atoms with Crippen LogP contribution in [0.4, 0.5) is 0 Å². The van der Waals surface area contributed by atoms with Gasteiger partial charge in [-0.2, -0.15) is 0 Å². The van der Waals surface area contributed by atoms with Crippen molar-refractivity contribution in [1.29, 1.82) is 0 Å². The Hall–Kier alpha value is -0.440. The number of rotatable bonds is 3. The fraction of sp³-hybridized carbons (Fsp3) is 0. The third-order valence-electron chi connectivity index (χ3n) is 3.88. The SMILES string of the molecule is Ic1cccc2c(SSc3cccc4c(I)cccc34)cccc12. The molecule has 0 nitrogen and oxygen atoms in total. The van der Waals surface area contributed by atoms with Gasteiger partial charge >= 0.3 is 0 Å². The van der Waals surface area contributed by atoms with E-state index >= 15 is 0 Å². The molecular formula is C20H12I2S2. The molecule has 118 valence electrons. The molecule has 0 unspecified atom stereocenters. The van der Waals surface area contributed by atoms with E-state index in [0.29, 0.717) is 0 Å². The van der Waals surface area contributed by atoms with E-state index in [4.69, 9.17) is 0 Å². The Balaban J connectivity index is 1.72. The lowest BCUT2D eigenvalue weighted by atomic mass is 10.1. The molecule has 0 bridgehead atoms. The molecule has 0 aliphatic rings. The third-order valence-corrected chi connectivity index (χ3v) is 8.24. The highest BCUT2D eigenvalue weighted by molar-refractivity contribution is 14.1. The Bertz CT molecular complexity index is 959. The van der Waals surface area contributed by atoms with Crippen molar-refractivity contribution in [3.05, 3.63) is 79.9 Å². The van der Waals surface area contributed by atoms with Crippen molar-refractivity contribution in [2.45, 2.75) is 9.79 Å². The van der Waals surface area contributed by atoms with E-state index in [9.17, 15) is 0 Å². The van der Waals surface area contributed by atoms with E-state index in [-0.39, 0.29) is 0 Å². The number of hydrogen-bond donors (Lipinski definition) is 0. The van der Waals surface area contributed by atoms with Crippen molar-refractivity contribution in [3.63, 3.8) is 0 Å². The van der Waals surface area contributed by atoms with Crippen molar-refractivity contribution in [3.8, 4) is 0 Å². The number of hydrogen-bond acceptors (Lipinski definition) is 2. The molecule has 0 aromatic heterocycles. The first-order valence-electron chi connectivity index (χ1n) is 7.43. The molecule has 0 aliphatic carbocycles. The van der Waals surface area contributed by atoms with Crippen molar-refractivity contribution >= 4 is 88.3 Å². The molecule has 0 heterocycles. The smallest absolute Gasteiger partial charge is 0.0265 e. The molecule has 0 spiro atoms. The summed E-state index contributed by atoms with van der Waals surface area (Å²) in [7, 11) is 3.69. The fourth-order valence-corrected chi connectivity index (χ4v) is 6.47. The highest BCUT2D eigenvalue weighted by atomic mass is 127. The average molecular weight is 570 g/mol. The zero-order valence-electron chi connectivity index (χ0n) is 12.5. The van der Waals surface area contributed by atoms with Gasteiger partial charge in [-0.1, -0.05) is 70.1 Å². The Morgan fingerprint density at radius 1 is 0.458 bits per heavy atom. The van der Waals surface area contributed by atoms with Crippen molar-refractivity contribution in [2.24, 2.45) is 0 Å². The van der Waals surface area contributed by atoms with Crippen LogP contribution in [-0.4, -0.2) is 0 Å². The van der Waals surface area contributed by atoms with Crippen molar-refractivity contribution < 1.29 is 0 Å². The van der Waals surface area contributed by atoms with E-state index in [1.54, 1.807) is 0 Å². The van der Waals surface area contributed by atoms with Crippen LogP contribution in [0.15, 0.2) is 82.6 Å². The van der Waals surface area contributed by atoms with Crippen LogP contribution in [0, 0.1) is 7.14 Å². The van der Waals surface area contributed by atoms with Crippen LogP contribution >= 0.6 is 66.8 Å². The molecule has 4 heteroatoms. The Morgan fingerprint density at radius 3 is 1.29 bits per heavy atom. The first-order chi connectivity index (χ1) is 11.7. The summed E-state index contributed by atoms with van der Waals surface area (Å²) < 4.78 is 2.61. The molecular weight excluding hydrogens is 558 g/mol. The molecule has 0 N–H and O–H groups in total. The zero-order chi connectivity index (χ0) is 16.5. The minimum absolute atomic E-state index is 1.30. The molecule has 0 saturated carbocycles. The lowest BCUT2D eigenvalue weighted by molar-refractivity contribution is 1.54. The highest BCUT2D eigenvalue weighted by Crippen LogP contribution is 2.43. The van der Waals surface area contributed by atoms with E-state index in [1.165, 1.54) is 38.5 Å². The predicted molar refractivity (Wildman–Crippen MR) is 125 cm³/mol. The predicted octanol–water partition coefficient (Wildman–Crippen LogP) is 8.00. The first kappa shape index (κ1) is 17.0. The molecule has 0 saturated heterocycles. The van der Waals surface area contributed by atoms with Crippen LogP contribution in [0.3, 0.4) is 0 Å². The second-order valence-electron chi connectivity index (χ2n) is 5.35. The molecule has 4 aromatic carbocycles. The quantitative estimate of drug-likeness (QED) is 0.181. The van der Waals surface area contributed by atoms with Crippen LogP contribution in [0.2, 0.25) is 0 Å². The van der Waals surface area contributed by atoms with Gasteiger partial charge in [0.15, 0.2) is 0 Å². The maximum atomic E-state index is 2.41. The summed E-state index contributed by atoms with van der Waals surface area (Å²) in [4.78, 5) is 2.64. The molecule has 4 aromatic rings. The maximum Gasteiger partial charge on any atom is 0.0265 e. The summed E-state index contributed by atoms with van der Waals surface area (Å²) in [5.41, 5.74) is 0. The largest absolute Gasteiger partial charge is 0.0605 e. The maximum absolute atomic E-state index is 2.41. The summed E-state index contributed by atoms with van der Waals surface area (Å²) in [6.07, 6.45) is 0. The molecule has 0 fully saturated rings. The minimum atomic E-state index is 1.30. The van der Waals surface area contributed by atoms with Crippen molar-refractivity contribution in [1.82, 2.24) is 0 Å². The Kier molecular flexibility index (Phi) is 5.26. The number of fused-ring (bicyclic) bond motifs is 2. The first-order valence-corrected chi connectivity index (χ1v) is 11.7. The molecule has 24 heavy (non-hydrogen) atoms. The lowest BCUT2D eigenvalue weighted by Gasteiger charge is -2.09. The van der Waals surface area contributed by atoms with Gasteiger partial charge < -0.3 is 0 Å². The molecule has 0 aliphatic heterocycles. The van der Waals surface area contributed by atoms with Gasteiger partial charge in [-0.15, -0.1) is 0 Å². The summed E-state index contributed by atoms with van der Waals surface area (Å²) in [5, 5.41) is 5.32. The summed E-state index contributed by atoms with van der Waals surface area (Å²) in [6.45, 7) is 0. The Labute approximate surface area is 176 Å². The van der Waals surface area contributed by atoms with Gasteiger partial charge in [-0.3, -0.25) is 0 Å². The van der Waals surface area contributed by atoms with Gasteiger partial charge in [0.05, 0.1) is 0 Å². The molecule has 0 atom stereocenters. The molecule has 0 radical (unpaired) electrons. The van der Waals surface area contributed by atoms with Crippen molar-refractivity contribution in [2.75, 3.05) is 0 Å². The van der Waals surface area contributed by atoms with Crippen LogP contribution in [-0.2, 0) is 0 Å². The van der Waals surface area contributed by atoms with Gasteiger partial charge in [0.1, 0.15) is 0 Å². The van der Waals surface area contributed by atoms with Crippen LogP contribution in [0.5, 0.6) is 0 Å². The normalized spacial score (nSPS) is 11.2. The van der Waals surface area contributed by atoms with Gasteiger partial charge in [0, 0.05) is 16.9 Å². The highest BCUT2D eigenvalue weighted by Gasteiger charge is 2.08. The number of halogens is 2. The molecule has 4 rings (SSSR count). The van der Waals surface area contributed by atoms with Crippen LogP contribution < -0.4 is 0 Å². The summed E-state index contributed by atoms with van der Waals surface area (Å²) in [6, 6.07) is 26.2. The van der Waals surface area contributed by atoms with Gasteiger partial charge in [0.25, 0.3) is 0 Å². The summed E-state index contributed by atoms with van der Waals surface area (Å²) >= 11 is 4.83. The second kappa shape index (κ2) is 7.43. The summed E-state index contributed by atoms with van der Waals surface area (Å²) in [5.74, 6) is 0. The van der Waals surface area contributed by atoms with Crippen LogP contribution in [0.1, 0.15) is 0 Å². The monoisotopic (exact) mass is 570 g/mol. The standard InChI is InChI=1S/C20H12I2S2/c21-17-9-1-7-15-13(17)5-3-11-19(15)23-24-20-12-4-6-14-16(20)8-2-10-18(14)22/h1-12H. The van der Waals surface area contributed by atoms with E-state index in [1.807, 2.05) is 21.6 Å². The third kappa shape index (κ3) is 3.30. The molecule has 0 amide bonds. The topological polar surface area (TPSA) is 0 Å². The Morgan fingerprint density at radius 2 is 0.833 bits per heavy atom. The van der Waals surface area contributed by atoms with E-state index in [0.717, 1.165) is 0 Å². The number of benzene rings is 4. The average Bonchev–Trinajstić information content (AvgIpc) is 2.61. The minimum Gasteiger partial charge on any atom is -0.0605 e. The van der Waals surface area contributed by atoms with Gasteiger partial charge in [-0.05, 0) is 91.0 Å². The van der Waals surface area contributed by atoms with Gasteiger partial charge in [0.2, 0.25) is 0 Å². The fourth-order valence-electron chi connectivity index (χ4n) is 2.72. The zero-order valence-corrected chi connectivity index (χ0v) is 18.4. The van der Waals surface area contributed by atoms with E-state index in [2.05, 4.69) is 118 Å². The van der Waals surface area contributed by atoms with Crippen LogP contribution in [0.25, 0.3) is 21.5 Å². The van der Waals surface area contributed by atoms with Gasteiger partial charge in [-0.25, -0.2) is 0 Å². The lowest BCUT2D eigenvalue weighted by Crippen LogP contribution is -1.81. The second-order valence-corrected chi connectivity index (χ2v) is 9.89.